The smallest absolute Gasteiger partial charge is 0.349 e. The van der Waals surface area contributed by atoms with Crippen LogP contribution in [0.25, 0.3) is 0 Å². The van der Waals surface area contributed by atoms with Crippen molar-refractivity contribution in [1.82, 2.24) is 5.32 Å². The summed E-state index contributed by atoms with van der Waals surface area (Å²) in [5.74, 6) is 1.61. The van der Waals surface area contributed by atoms with Gasteiger partial charge in [0.2, 0.25) is 0 Å². The highest BCUT2D eigenvalue weighted by atomic mass is 19.4. The Morgan fingerprint density at radius 2 is 2.00 bits per heavy atom. The number of benzene rings is 1. The van der Waals surface area contributed by atoms with Gasteiger partial charge in [0.15, 0.2) is 0 Å². The topological polar surface area (TPSA) is 29.1 Å². The van der Waals surface area contributed by atoms with Gasteiger partial charge in [0.05, 0.1) is 5.56 Å². The molecule has 1 saturated carbocycles. The molecule has 0 aliphatic heterocycles. The van der Waals surface area contributed by atoms with Crippen LogP contribution in [0.5, 0.6) is 0 Å². The Labute approximate surface area is 102 Å². The lowest BCUT2D eigenvalue weighted by atomic mass is 10.0. The minimum atomic E-state index is -4.51. The molecular formula is C13H10F3NO. The first-order chi connectivity index (χ1) is 8.40. The van der Waals surface area contributed by atoms with Crippen LogP contribution in [0.15, 0.2) is 18.2 Å². The van der Waals surface area contributed by atoms with Crippen molar-refractivity contribution in [3.8, 4) is 12.3 Å². The van der Waals surface area contributed by atoms with E-state index in [1.165, 1.54) is 6.07 Å². The molecule has 5 heteroatoms. The number of amides is 1. The summed E-state index contributed by atoms with van der Waals surface area (Å²) in [5.41, 5.74) is -0.908. The number of carbonyl (C=O) groups excluding carboxylic acids is 1. The van der Waals surface area contributed by atoms with Crippen LogP contribution in [-0.2, 0) is 6.18 Å². The maximum absolute atomic E-state index is 12.6. The molecule has 1 aliphatic carbocycles. The number of rotatable bonds is 2. The number of hydrogen-bond donors (Lipinski definition) is 1. The number of terminal acetylenes is 1. The van der Waals surface area contributed by atoms with E-state index < -0.39 is 17.6 Å². The van der Waals surface area contributed by atoms with Crippen molar-refractivity contribution < 1.29 is 18.0 Å². The van der Waals surface area contributed by atoms with Gasteiger partial charge in [-0.1, -0.05) is 5.92 Å². The van der Waals surface area contributed by atoms with Gasteiger partial charge >= 0.3 is 6.18 Å². The third-order valence-electron chi connectivity index (χ3n) is 2.60. The maximum atomic E-state index is 12.6. The molecular weight excluding hydrogens is 243 g/mol. The molecule has 0 heterocycles. The van der Waals surface area contributed by atoms with Crippen molar-refractivity contribution in [3.05, 3.63) is 34.9 Å². The molecule has 0 atom stereocenters. The quantitative estimate of drug-likeness (QED) is 0.806. The summed E-state index contributed by atoms with van der Waals surface area (Å²) >= 11 is 0. The van der Waals surface area contributed by atoms with E-state index in [2.05, 4.69) is 11.2 Å². The average molecular weight is 253 g/mol. The van der Waals surface area contributed by atoms with Gasteiger partial charge in [0.1, 0.15) is 0 Å². The molecule has 2 rings (SSSR count). The van der Waals surface area contributed by atoms with E-state index in [1.807, 2.05) is 0 Å². The Bertz CT molecular complexity index is 524. The zero-order chi connectivity index (χ0) is 13.3. The summed E-state index contributed by atoms with van der Waals surface area (Å²) < 4.78 is 37.9. The van der Waals surface area contributed by atoms with Crippen LogP contribution < -0.4 is 5.32 Å². The third kappa shape index (κ3) is 2.83. The summed E-state index contributed by atoms with van der Waals surface area (Å²) in [5, 5.41) is 2.63. The SMILES string of the molecule is C#Cc1cc(C(=O)NC2CC2)cc(C(F)(F)F)c1. The number of halogens is 3. The molecule has 1 aliphatic rings. The van der Waals surface area contributed by atoms with Crippen LogP contribution in [0, 0.1) is 12.3 Å². The lowest BCUT2D eigenvalue weighted by Crippen LogP contribution is -2.25. The number of carbonyl (C=O) groups is 1. The number of hydrogen-bond acceptors (Lipinski definition) is 1. The summed E-state index contributed by atoms with van der Waals surface area (Å²) in [6.45, 7) is 0. The van der Waals surface area contributed by atoms with Gasteiger partial charge in [-0.2, -0.15) is 13.2 Å². The second kappa shape index (κ2) is 4.37. The predicted octanol–water partition coefficient (Wildman–Crippen LogP) is 2.58. The van der Waals surface area contributed by atoms with Crippen molar-refractivity contribution in [1.29, 1.82) is 0 Å². The lowest BCUT2D eigenvalue weighted by molar-refractivity contribution is -0.137. The molecule has 1 amide bonds. The fraction of sp³-hybridized carbons (Fsp3) is 0.308. The minimum absolute atomic E-state index is 0.0470. The third-order valence-corrected chi connectivity index (χ3v) is 2.60. The molecule has 0 spiro atoms. The average Bonchev–Trinajstić information content (AvgIpc) is 3.11. The highest BCUT2D eigenvalue weighted by Gasteiger charge is 2.32. The highest BCUT2D eigenvalue weighted by molar-refractivity contribution is 5.95. The second-order valence-corrected chi connectivity index (χ2v) is 4.19. The molecule has 0 bridgehead atoms. The molecule has 0 unspecified atom stereocenters. The van der Waals surface area contributed by atoms with Gasteiger partial charge in [0, 0.05) is 17.2 Å². The van der Waals surface area contributed by atoms with Gasteiger partial charge in [-0.25, -0.2) is 0 Å². The van der Waals surface area contributed by atoms with Gasteiger partial charge in [-0.15, -0.1) is 6.42 Å². The van der Waals surface area contributed by atoms with E-state index in [0.29, 0.717) is 0 Å². The van der Waals surface area contributed by atoms with Gasteiger partial charge < -0.3 is 5.32 Å². The molecule has 1 fully saturated rings. The van der Waals surface area contributed by atoms with Gasteiger partial charge in [-0.05, 0) is 31.0 Å². The fourth-order valence-corrected chi connectivity index (χ4v) is 1.50. The van der Waals surface area contributed by atoms with Crippen LogP contribution in [-0.4, -0.2) is 11.9 Å². The Morgan fingerprint density at radius 3 is 2.50 bits per heavy atom. The fourth-order valence-electron chi connectivity index (χ4n) is 1.50. The Hall–Kier alpha value is -1.96. The normalized spacial score (nSPS) is 15.0. The van der Waals surface area contributed by atoms with Crippen molar-refractivity contribution in [2.75, 3.05) is 0 Å². The molecule has 0 aromatic heterocycles. The van der Waals surface area contributed by atoms with E-state index in [4.69, 9.17) is 6.42 Å². The van der Waals surface area contributed by atoms with Crippen molar-refractivity contribution in [2.24, 2.45) is 0 Å². The van der Waals surface area contributed by atoms with E-state index in [-0.39, 0.29) is 17.2 Å². The largest absolute Gasteiger partial charge is 0.416 e. The van der Waals surface area contributed by atoms with Crippen LogP contribution >= 0.6 is 0 Å². The van der Waals surface area contributed by atoms with Crippen LogP contribution in [0.4, 0.5) is 13.2 Å². The molecule has 1 N–H and O–H groups in total. The van der Waals surface area contributed by atoms with Gasteiger partial charge in [0.25, 0.3) is 5.91 Å². The molecule has 1 aromatic rings. The molecule has 2 nitrogen and oxygen atoms in total. The molecule has 0 saturated heterocycles. The van der Waals surface area contributed by atoms with E-state index in [0.717, 1.165) is 25.0 Å². The Kier molecular flexibility index (Phi) is 3.04. The Morgan fingerprint density at radius 1 is 1.33 bits per heavy atom. The van der Waals surface area contributed by atoms with Crippen molar-refractivity contribution in [2.45, 2.75) is 25.1 Å². The van der Waals surface area contributed by atoms with Crippen LogP contribution in [0.3, 0.4) is 0 Å². The number of nitrogens with one attached hydrogen (secondary N) is 1. The van der Waals surface area contributed by atoms with Gasteiger partial charge in [-0.3, -0.25) is 4.79 Å². The van der Waals surface area contributed by atoms with E-state index >= 15 is 0 Å². The second-order valence-electron chi connectivity index (χ2n) is 4.19. The highest BCUT2D eigenvalue weighted by Crippen LogP contribution is 2.30. The Balaban J connectivity index is 2.34. The van der Waals surface area contributed by atoms with Crippen LogP contribution in [0.2, 0.25) is 0 Å². The van der Waals surface area contributed by atoms with Crippen LogP contribution in [0.1, 0.15) is 34.3 Å². The zero-order valence-corrected chi connectivity index (χ0v) is 9.34. The molecule has 0 radical (unpaired) electrons. The summed E-state index contributed by atoms with van der Waals surface area (Å²) in [6.07, 6.45) is 2.32. The minimum Gasteiger partial charge on any atom is -0.349 e. The predicted molar refractivity (Wildman–Crippen MR) is 59.9 cm³/mol. The molecule has 94 valence electrons. The lowest BCUT2D eigenvalue weighted by Gasteiger charge is -2.10. The molecule has 18 heavy (non-hydrogen) atoms. The summed E-state index contributed by atoms with van der Waals surface area (Å²) in [6, 6.07) is 3.04. The van der Waals surface area contributed by atoms with Crippen molar-refractivity contribution >= 4 is 5.91 Å². The standard InChI is InChI=1S/C13H10F3NO/c1-2-8-5-9(12(18)17-11-3-4-11)7-10(6-8)13(14,15)16/h1,5-7,11H,3-4H2,(H,17,18). The monoisotopic (exact) mass is 253 g/mol. The summed E-state index contributed by atoms with van der Waals surface area (Å²) in [7, 11) is 0. The molecule has 1 aromatic carbocycles. The first kappa shape index (κ1) is 12.5. The van der Waals surface area contributed by atoms with E-state index in [9.17, 15) is 18.0 Å². The van der Waals surface area contributed by atoms with E-state index in [1.54, 1.807) is 0 Å². The first-order valence-corrected chi connectivity index (χ1v) is 5.40. The maximum Gasteiger partial charge on any atom is 0.416 e. The first-order valence-electron chi connectivity index (χ1n) is 5.40. The number of alkyl halides is 3. The van der Waals surface area contributed by atoms with Crippen molar-refractivity contribution in [3.63, 3.8) is 0 Å². The summed E-state index contributed by atoms with van der Waals surface area (Å²) in [4.78, 5) is 11.7. The zero-order valence-electron chi connectivity index (χ0n) is 9.34.